The van der Waals surface area contributed by atoms with Crippen LogP contribution in [0.1, 0.15) is 13.8 Å². The van der Waals surface area contributed by atoms with Gasteiger partial charge in [-0.05, 0) is 13.8 Å². The van der Waals surface area contributed by atoms with Crippen LogP contribution < -0.4 is 0 Å². The summed E-state index contributed by atoms with van der Waals surface area (Å²) in [6.07, 6.45) is 2.89. The molecule has 0 amide bonds. The summed E-state index contributed by atoms with van der Waals surface area (Å²) in [5.41, 5.74) is 0. The van der Waals surface area contributed by atoms with Gasteiger partial charge in [-0.25, -0.2) is 4.79 Å². The van der Waals surface area contributed by atoms with Crippen LogP contribution in [0.3, 0.4) is 0 Å². The second-order valence-electron chi connectivity index (χ2n) is 3.67. The maximum absolute atomic E-state index is 10.4. The zero-order valence-electron chi connectivity index (χ0n) is 8.64. The molecule has 1 N–H and O–H groups in total. The van der Waals surface area contributed by atoms with Gasteiger partial charge in [0.05, 0.1) is 19.3 Å². The van der Waals surface area contributed by atoms with Gasteiger partial charge in [-0.2, -0.15) is 0 Å². The first-order chi connectivity index (χ1) is 6.61. The van der Waals surface area contributed by atoms with E-state index in [9.17, 15) is 4.79 Å². The maximum Gasteiger partial charge on any atom is 0.328 e. The Balaban J connectivity index is 2.58. The molecule has 4 heteroatoms. The molecule has 0 saturated carbocycles. The van der Waals surface area contributed by atoms with Crippen molar-refractivity contribution in [3.8, 4) is 0 Å². The van der Waals surface area contributed by atoms with Crippen LogP contribution in [0.15, 0.2) is 12.2 Å². The Hall–Kier alpha value is -0.870. The van der Waals surface area contributed by atoms with Crippen LogP contribution in [0.2, 0.25) is 0 Å². The first-order valence-corrected chi connectivity index (χ1v) is 4.86. The molecule has 0 bridgehead atoms. The molecule has 0 aliphatic carbocycles. The molecule has 1 atom stereocenters. The molecule has 1 saturated heterocycles. The molecule has 1 aliphatic heterocycles. The van der Waals surface area contributed by atoms with Gasteiger partial charge in [0.15, 0.2) is 0 Å². The van der Waals surface area contributed by atoms with E-state index in [2.05, 4.69) is 18.7 Å². The summed E-state index contributed by atoms with van der Waals surface area (Å²) in [4.78, 5) is 12.6. The fourth-order valence-corrected chi connectivity index (χ4v) is 1.64. The SMILES string of the molecule is CC(C)N1CCOCC1/C=C/C(=O)O. The monoisotopic (exact) mass is 199 g/mol. The zero-order chi connectivity index (χ0) is 10.6. The van der Waals surface area contributed by atoms with Crippen LogP contribution in [0.25, 0.3) is 0 Å². The summed E-state index contributed by atoms with van der Waals surface area (Å²) in [5, 5.41) is 8.52. The highest BCUT2D eigenvalue weighted by atomic mass is 16.5. The number of carboxylic acid groups (broad SMARTS) is 1. The predicted molar refractivity (Wildman–Crippen MR) is 53.2 cm³/mol. The van der Waals surface area contributed by atoms with E-state index in [1.54, 1.807) is 6.08 Å². The highest BCUT2D eigenvalue weighted by Crippen LogP contribution is 2.11. The molecule has 1 fully saturated rings. The lowest BCUT2D eigenvalue weighted by molar-refractivity contribution is -0.131. The van der Waals surface area contributed by atoms with Crippen LogP contribution in [0.4, 0.5) is 0 Å². The summed E-state index contributed by atoms with van der Waals surface area (Å²) >= 11 is 0. The van der Waals surface area contributed by atoms with Gasteiger partial charge in [-0.1, -0.05) is 6.08 Å². The van der Waals surface area contributed by atoms with E-state index in [-0.39, 0.29) is 6.04 Å². The summed E-state index contributed by atoms with van der Waals surface area (Å²) in [5.74, 6) is -0.903. The normalized spacial score (nSPS) is 24.6. The first-order valence-electron chi connectivity index (χ1n) is 4.86. The van der Waals surface area contributed by atoms with Gasteiger partial charge in [-0.3, -0.25) is 4.90 Å². The highest BCUT2D eigenvalue weighted by Gasteiger charge is 2.22. The standard InChI is InChI=1S/C10H17NO3/c1-8(2)11-5-6-14-7-9(11)3-4-10(12)13/h3-4,8-9H,5-7H2,1-2H3,(H,12,13)/b4-3+. The van der Waals surface area contributed by atoms with Crippen molar-refractivity contribution in [2.45, 2.75) is 25.9 Å². The molecule has 1 rings (SSSR count). The average molecular weight is 199 g/mol. The quantitative estimate of drug-likeness (QED) is 0.681. The van der Waals surface area contributed by atoms with Crippen LogP contribution in [-0.2, 0) is 9.53 Å². The van der Waals surface area contributed by atoms with Gasteiger partial charge < -0.3 is 9.84 Å². The molecule has 0 aromatic rings. The molecule has 1 aliphatic rings. The lowest BCUT2D eigenvalue weighted by Crippen LogP contribution is -2.47. The van der Waals surface area contributed by atoms with Crippen molar-refractivity contribution in [3.05, 3.63) is 12.2 Å². The molecule has 1 heterocycles. The predicted octanol–water partition coefficient (Wildman–Crippen LogP) is 0.736. The van der Waals surface area contributed by atoms with Crippen molar-refractivity contribution in [2.75, 3.05) is 19.8 Å². The molecular formula is C10H17NO3. The van der Waals surface area contributed by atoms with Crippen molar-refractivity contribution < 1.29 is 14.6 Å². The highest BCUT2D eigenvalue weighted by molar-refractivity contribution is 5.79. The van der Waals surface area contributed by atoms with Gasteiger partial charge in [0, 0.05) is 18.7 Å². The Morgan fingerprint density at radius 3 is 2.93 bits per heavy atom. The molecule has 14 heavy (non-hydrogen) atoms. The minimum absolute atomic E-state index is 0.0971. The molecule has 80 valence electrons. The summed E-state index contributed by atoms with van der Waals surface area (Å²) in [6, 6.07) is 0.516. The largest absolute Gasteiger partial charge is 0.478 e. The van der Waals surface area contributed by atoms with Gasteiger partial charge >= 0.3 is 5.97 Å². The van der Waals surface area contributed by atoms with E-state index in [1.807, 2.05) is 0 Å². The van der Waals surface area contributed by atoms with Crippen molar-refractivity contribution in [1.82, 2.24) is 4.90 Å². The Morgan fingerprint density at radius 1 is 1.64 bits per heavy atom. The topological polar surface area (TPSA) is 49.8 Å². The van der Waals surface area contributed by atoms with Gasteiger partial charge in [0.2, 0.25) is 0 Å². The number of ether oxygens (including phenoxy) is 1. The Morgan fingerprint density at radius 2 is 2.36 bits per heavy atom. The second kappa shape index (κ2) is 5.12. The Bertz CT molecular complexity index is 225. The van der Waals surface area contributed by atoms with Crippen LogP contribution in [0.5, 0.6) is 0 Å². The number of rotatable bonds is 3. The van der Waals surface area contributed by atoms with Gasteiger partial charge in [0.25, 0.3) is 0 Å². The zero-order valence-corrected chi connectivity index (χ0v) is 8.64. The van der Waals surface area contributed by atoms with E-state index in [0.29, 0.717) is 12.6 Å². The Kier molecular flexibility index (Phi) is 4.10. The van der Waals surface area contributed by atoms with Crippen molar-refractivity contribution >= 4 is 5.97 Å². The third-order valence-electron chi connectivity index (χ3n) is 2.33. The van der Waals surface area contributed by atoms with Crippen molar-refractivity contribution in [1.29, 1.82) is 0 Å². The molecule has 0 radical (unpaired) electrons. The molecule has 0 spiro atoms. The van der Waals surface area contributed by atoms with Crippen LogP contribution in [0, 0.1) is 0 Å². The van der Waals surface area contributed by atoms with Crippen LogP contribution >= 0.6 is 0 Å². The van der Waals surface area contributed by atoms with Gasteiger partial charge in [0.1, 0.15) is 0 Å². The number of carboxylic acids is 1. The number of nitrogens with zero attached hydrogens (tertiary/aromatic N) is 1. The van der Waals surface area contributed by atoms with Crippen molar-refractivity contribution in [3.63, 3.8) is 0 Å². The van der Waals surface area contributed by atoms with Crippen molar-refractivity contribution in [2.24, 2.45) is 0 Å². The van der Waals surface area contributed by atoms with E-state index >= 15 is 0 Å². The van der Waals surface area contributed by atoms with Gasteiger partial charge in [-0.15, -0.1) is 0 Å². The van der Waals surface area contributed by atoms with E-state index in [0.717, 1.165) is 13.2 Å². The third kappa shape index (κ3) is 3.12. The average Bonchev–Trinajstić information content (AvgIpc) is 2.15. The minimum atomic E-state index is -0.903. The lowest BCUT2D eigenvalue weighted by atomic mass is 10.1. The minimum Gasteiger partial charge on any atom is -0.478 e. The number of morpholine rings is 1. The van der Waals surface area contributed by atoms with Crippen LogP contribution in [-0.4, -0.2) is 47.8 Å². The second-order valence-corrected chi connectivity index (χ2v) is 3.67. The van der Waals surface area contributed by atoms with E-state index in [4.69, 9.17) is 9.84 Å². The molecule has 0 aromatic heterocycles. The fraction of sp³-hybridized carbons (Fsp3) is 0.700. The summed E-state index contributed by atoms with van der Waals surface area (Å²) in [6.45, 7) is 6.39. The molecule has 1 unspecified atom stereocenters. The molecule has 4 nitrogen and oxygen atoms in total. The smallest absolute Gasteiger partial charge is 0.328 e. The third-order valence-corrected chi connectivity index (χ3v) is 2.33. The Labute approximate surface area is 84.2 Å². The molecular weight excluding hydrogens is 182 g/mol. The summed E-state index contributed by atoms with van der Waals surface area (Å²) < 4.78 is 5.31. The summed E-state index contributed by atoms with van der Waals surface area (Å²) in [7, 11) is 0. The van der Waals surface area contributed by atoms with E-state index < -0.39 is 5.97 Å². The number of hydrogen-bond donors (Lipinski definition) is 1. The fourth-order valence-electron chi connectivity index (χ4n) is 1.64. The lowest BCUT2D eigenvalue weighted by Gasteiger charge is -2.36. The molecule has 0 aromatic carbocycles. The number of hydrogen-bond acceptors (Lipinski definition) is 3. The maximum atomic E-state index is 10.4. The van der Waals surface area contributed by atoms with E-state index in [1.165, 1.54) is 6.08 Å². The number of carbonyl (C=O) groups is 1. The number of aliphatic carboxylic acids is 1. The first kappa shape index (κ1) is 11.2.